The lowest BCUT2D eigenvalue weighted by Crippen LogP contribution is -2.48. The lowest BCUT2D eigenvalue weighted by atomic mass is 9.80. The fourth-order valence-corrected chi connectivity index (χ4v) is 6.76. The molecule has 3 atom stereocenters. The van der Waals surface area contributed by atoms with Crippen molar-refractivity contribution in [2.45, 2.75) is 16.2 Å². The standard InChI is InChI=1S/C14H7Br2NO5S2/c15-3-1-4-6-7(13(20)22-8(4)5(16)2-3)10(12(18)19)23-11-9(6)24-14(21)17-11/h1-2,6-7,10H,(H,17,21)(H,18,19)/p-1. The number of fused-ring (bicyclic) bond motifs is 5. The third kappa shape index (κ3) is 2.39. The van der Waals surface area contributed by atoms with Gasteiger partial charge in [-0.2, -0.15) is 0 Å². The monoisotopic (exact) mass is 490 g/mol. The third-order valence-electron chi connectivity index (χ3n) is 3.93. The van der Waals surface area contributed by atoms with Crippen LogP contribution in [0, 0.1) is 5.92 Å². The normalized spacial score (nSPS) is 24.6. The molecule has 0 saturated heterocycles. The average Bonchev–Trinajstić information content (AvgIpc) is 2.87. The highest BCUT2D eigenvalue weighted by Gasteiger charge is 2.50. The molecule has 6 nitrogen and oxygen atoms in total. The summed E-state index contributed by atoms with van der Waals surface area (Å²) in [6, 6.07) is 3.52. The first kappa shape index (κ1) is 16.4. The number of thioether (sulfide) groups is 1. The lowest BCUT2D eigenvalue weighted by molar-refractivity contribution is -0.306. The largest absolute Gasteiger partial charge is 0.549 e. The summed E-state index contributed by atoms with van der Waals surface area (Å²) in [6.45, 7) is 0. The van der Waals surface area contributed by atoms with Crippen LogP contribution in [-0.4, -0.2) is 22.2 Å². The third-order valence-corrected chi connectivity index (χ3v) is 7.37. The van der Waals surface area contributed by atoms with Crippen LogP contribution >= 0.6 is 55.0 Å². The molecule has 4 rings (SSSR count). The number of halogens is 2. The van der Waals surface area contributed by atoms with E-state index in [2.05, 4.69) is 36.8 Å². The number of H-pyrrole nitrogens is 1. The Bertz CT molecular complexity index is 953. The fourth-order valence-electron chi connectivity index (χ4n) is 3.03. The van der Waals surface area contributed by atoms with Crippen molar-refractivity contribution in [1.82, 2.24) is 4.98 Å². The second-order valence-corrected chi connectivity index (χ2v) is 9.23. The van der Waals surface area contributed by atoms with Crippen LogP contribution in [0.2, 0.25) is 0 Å². The van der Waals surface area contributed by atoms with Crippen LogP contribution in [0.15, 0.2) is 30.9 Å². The van der Waals surface area contributed by atoms with E-state index in [4.69, 9.17) is 4.74 Å². The first-order valence-electron chi connectivity index (χ1n) is 6.68. The number of rotatable bonds is 1. The average molecular weight is 492 g/mol. The Hall–Kier alpha value is -1.10. The molecule has 2 aromatic rings. The lowest BCUT2D eigenvalue weighted by Gasteiger charge is -2.39. The molecule has 1 aromatic heterocycles. The van der Waals surface area contributed by atoms with E-state index in [9.17, 15) is 19.5 Å². The van der Waals surface area contributed by atoms with Gasteiger partial charge in [-0.1, -0.05) is 39.0 Å². The van der Waals surface area contributed by atoms with Crippen molar-refractivity contribution >= 4 is 66.9 Å². The highest BCUT2D eigenvalue weighted by atomic mass is 79.9. The van der Waals surface area contributed by atoms with E-state index >= 15 is 0 Å². The summed E-state index contributed by atoms with van der Waals surface area (Å²) < 4.78 is 6.72. The molecular weight excluding hydrogens is 486 g/mol. The second-order valence-electron chi connectivity index (χ2n) is 5.30. The maximum absolute atomic E-state index is 12.5. The number of hydrogen-bond acceptors (Lipinski definition) is 7. The van der Waals surface area contributed by atoms with Gasteiger partial charge >= 0.3 is 10.8 Å². The first-order valence-corrected chi connectivity index (χ1v) is 9.96. The highest BCUT2D eigenvalue weighted by molar-refractivity contribution is 9.11. The van der Waals surface area contributed by atoms with Crippen LogP contribution in [-0.2, 0) is 9.59 Å². The van der Waals surface area contributed by atoms with Crippen molar-refractivity contribution < 1.29 is 19.4 Å². The number of aliphatic carboxylic acids is 1. The van der Waals surface area contributed by atoms with Crippen LogP contribution in [0.4, 0.5) is 0 Å². The van der Waals surface area contributed by atoms with Gasteiger partial charge in [0.05, 0.1) is 26.6 Å². The van der Waals surface area contributed by atoms with E-state index in [-0.39, 0.29) is 4.87 Å². The van der Waals surface area contributed by atoms with Gasteiger partial charge in [-0.15, -0.1) is 0 Å². The molecule has 24 heavy (non-hydrogen) atoms. The number of thiazole rings is 1. The highest BCUT2D eigenvalue weighted by Crippen LogP contribution is 2.55. The maximum Gasteiger partial charge on any atom is 0.316 e. The maximum atomic E-state index is 12.5. The van der Waals surface area contributed by atoms with E-state index in [1.807, 2.05) is 0 Å². The van der Waals surface area contributed by atoms with E-state index in [0.717, 1.165) is 27.6 Å². The molecular formula is C14H6Br2NO5S2-. The Kier molecular flexibility index (Phi) is 3.90. The summed E-state index contributed by atoms with van der Waals surface area (Å²) in [6.07, 6.45) is 0. The Morgan fingerprint density at radius 3 is 2.75 bits per heavy atom. The van der Waals surface area contributed by atoms with E-state index < -0.39 is 29.0 Å². The predicted octanol–water partition coefficient (Wildman–Crippen LogP) is 1.85. The molecule has 0 spiro atoms. The molecule has 0 amide bonds. The summed E-state index contributed by atoms with van der Waals surface area (Å²) in [5.74, 6) is -3.17. The minimum Gasteiger partial charge on any atom is -0.549 e. The van der Waals surface area contributed by atoms with Gasteiger partial charge < -0.3 is 19.6 Å². The van der Waals surface area contributed by atoms with Gasteiger partial charge in [0.2, 0.25) is 0 Å². The van der Waals surface area contributed by atoms with Gasteiger partial charge in [-0.05, 0) is 28.1 Å². The molecule has 0 aliphatic carbocycles. The summed E-state index contributed by atoms with van der Waals surface area (Å²) in [5.41, 5.74) is 0.656. The van der Waals surface area contributed by atoms with Crippen LogP contribution in [0.25, 0.3) is 0 Å². The van der Waals surface area contributed by atoms with Gasteiger partial charge in [0.15, 0.2) is 0 Å². The molecule has 3 unspecified atom stereocenters. The van der Waals surface area contributed by atoms with E-state index in [1.165, 1.54) is 0 Å². The van der Waals surface area contributed by atoms with Crippen molar-refractivity contribution in [3.63, 3.8) is 0 Å². The SMILES string of the molecule is O=C([O-])C1Sc2[nH]c(=O)sc2C2c3cc(Br)cc(Br)c3OC(=O)C12. The van der Waals surface area contributed by atoms with Crippen molar-refractivity contribution in [2.24, 2.45) is 5.92 Å². The molecule has 3 heterocycles. The van der Waals surface area contributed by atoms with Crippen LogP contribution < -0.4 is 14.7 Å². The van der Waals surface area contributed by atoms with E-state index in [1.54, 1.807) is 12.1 Å². The van der Waals surface area contributed by atoms with Crippen molar-refractivity contribution in [2.75, 3.05) is 0 Å². The number of carboxylic acids is 1. The zero-order chi connectivity index (χ0) is 17.2. The zero-order valence-electron chi connectivity index (χ0n) is 11.5. The van der Waals surface area contributed by atoms with E-state index in [0.29, 0.717) is 25.7 Å². The summed E-state index contributed by atoms with van der Waals surface area (Å²) in [7, 11) is 0. The number of carbonyl (C=O) groups excluding carboxylic acids is 2. The van der Waals surface area contributed by atoms with Crippen LogP contribution in [0.3, 0.4) is 0 Å². The molecule has 0 bridgehead atoms. The minimum atomic E-state index is -1.36. The molecule has 0 radical (unpaired) electrons. The van der Waals surface area contributed by atoms with Gasteiger partial charge in [0.25, 0.3) is 0 Å². The summed E-state index contributed by atoms with van der Waals surface area (Å²) in [5, 5.41) is 10.9. The molecule has 0 fully saturated rings. The quantitative estimate of drug-likeness (QED) is 0.482. The summed E-state index contributed by atoms with van der Waals surface area (Å²) in [4.78, 5) is 38.9. The van der Waals surface area contributed by atoms with Gasteiger partial charge in [-0.25, -0.2) is 0 Å². The van der Waals surface area contributed by atoms with Gasteiger partial charge in [0, 0.05) is 20.8 Å². The van der Waals surface area contributed by atoms with Crippen LogP contribution in [0.1, 0.15) is 16.4 Å². The number of aromatic amines is 1. The number of benzene rings is 1. The molecule has 1 N–H and O–H groups in total. The topological polar surface area (TPSA) is 99.3 Å². The number of aromatic nitrogens is 1. The molecule has 1 aromatic carbocycles. The Morgan fingerprint density at radius 1 is 1.29 bits per heavy atom. The zero-order valence-corrected chi connectivity index (χ0v) is 16.3. The molecule has 10 heteroatoms. The molecule has 0 saturated carbocycles. The number of esters is 1. The fraction of sp³-hybridized carbons (Fsp3) is 0.214. The number of hydrogen-bond donors (Lipinski definition) is 1. The van der Waals surface area contributed by atoms with Crippen molar-refractivity contribution in [3.8, 4) is 5.75 Å². The Morgan fingerprint density at radius 2 is 2.04 bits per heavy atom. The van der Waals surface area contributed by atoms with Gasteiger partial charge in [-0.3, -0.25) is 9.59 Å². The minimum absolute atomic E-state index is 0.292. The number of carbonyl (C=O) groups is 2. The number of carboxylic acid groups (broad SMARTS) is 1. The Labute approximate surface area is 159 Å². The number of ether oxygens (including phenoxy) is 1. The molecule has 124 valence electrons. The van der Waals surface area contributed by atoms with Crippen molar-refractivity contribution in [1.29, 1.82) is 0 Å². The second kappa shape index (κ2) is 5.72. The van der Waals surface area contributed by atoms with Crippen molar-refractivity contribution in [3.05, 3.63) is 41.2 Å². The molecule has 2 aliphatic heterocycles. The number of nitrogens with one attached hydrogen (secondary N) is 1. The first-order chi connectivity index (χ1) is 11.4. The smallest absolute Gasteiger partial charge is 0.316 e. The predicted molar refractivity (Wildman–Crippen MR) is 92.4 cm³/mol. The molecule has 2 aliphatic rings. The van der Waals surface area contributed by atoms with Gasteiger partial charge in [0.1, 0.15) is 5.75 Å². The van der Waals surface area contributed by atoms with Crippen LogP contribution in [0.5, 0.6) is 5.75 Å². The summed E-state index contributed by atoms with van der Waals surface area (Å²) >= 11 is 8.66. The Balaban J connectivity index is 2.02.